The summed E-state index contributed by atoms with van der Waals surface area (Å²) in [5, 5.41) is 30.8. The van der Waals surface area contributed by atoms with Gasteiger partial charge in [0.1, 0.15) is 17.3 Å². The molecular weight excluding hydrogens is 647 g/mol. The number of carboxylic acid groups (broad SMARTS) is 1. The molecule has 4 N–H and O–H groups in total. The Morgan fingerprint density at radius 2 is 1.96 bits per heavy atom. The van der Waals surface area contributed by atoms with Crippen LogP contribution in [0, 0.1) is 22.6 Å². The number of carboxylic acids is 1. The highest BCUT2D eigenvalue weighted by Gasteiger charge is 2.35. The van der Waals surface area contributed by atoms with Gasteiger partial charge in [0.05, 0.1) is 29.0 Å². The van der Waals surface area contributed by atoms with E-state index in [2.05, 4.69) is 20.5 Å². The Balaban J connectivity index is 1.62. The summed E-state index contributed by atoms with van der Waals surface area (Å²) >= 11 is 0. The Labute approximate surface area is 285 Å². The Morgan fingerprint density at radius 1 is 1.18 bits per heavy atom. The lowest BCUT2D eigenvalue weighted by atomic mass is 9.74. The molecule has 2 aromatic heterocycles. The van der Waals surface area contributed by atoms with E-state index in [0.717, 1.165) is 11.1 Å². The Morgan fingerprint density at radius 3 is 2.69 bits per heavy atom. The molecule has 0 saturated heterocycles. The molecule has 0 spiro atoms. The maximum atomic E-state index is 15.6. The molecular formula is C36H43FN6O5S. The van der Waals surface area contributed by atoms with E-state index < -0.39 is 38.4 Å². The number of halogens is 1. The number of fused-ring (bicyclic) bond motifs is 5. The van der Waals surface area contributed by atoms with E-state index >= 15 is 4.39 Å². The number of amidine groups is 2. The number of hydrogen-bond acceptors (Lipinski definition) is 8. The van der Waals surface area contributed by atoms with Gasteiger partial charge in [0.2, 0.25) is 0 Å². The summed E-state index contributed by atoms with van der Waals surface area (Å²) in [5.74, 6) is -2.08. The molecule has 0 aliphatic carbocycles. The number of aryl methyl sites for hydroxylation is 1. The number of ether oxygens (including phenoxy) is 1. The summed E-state index contributed by atoms with van der Waals surface area (Å²) in [4.78, 5) is 19.3. The smallest absolute Gasteiger partial charge is 0.306 e. The number of nitrogens with one attached hydrogen (secondary N) is 3. The molecule has 2 bridgehead atoms. The molecule has 13 heteroatoms. The lowest BCUT2D eigenvalue weighted by molar-refractivity contribution is -0.141. The molecule has 1 aliphatic rings. The zero-order chi connectivity index (χ0) is 35.6. The molecule has 2 aromatic carbocycles. The molecule has 3 heterocycles. The van der Waals surface area contributed by atoms with E-state index in [0.29, 0.717) is 42.1 Å². The van der Waals surface area contributed by atoms with Crippen LogP contribution >= 0.6 is 0 Å². The maximum Gasteiger partial charge on any atom is 0.306 e. The zero-order valence-corrected chi connectivity index (χ0v) is 29.2. The number of benzene rings is 2. The van der Waals surface area contributed by atoms with Crippen molar-refractivity contribution in [3.8, 4) is 11.5 Å². The number of sulfone groups is 1. The van der Waals surface area contributed by atoms with Gasteiger partial charge in [-0.15, -0.1) is 5.10 Å². The first-order chi connectivity index (χ1) is 23.1. The second-order valence-electron chi connectivity index (χ2n) is 13.9. The Hall–Kier alpha value is -4.65. The minimum atomic E-state index is -3.59. The van der Waals surface area contributed by atoms with Gasteiger partial charge in [0.25, 0.3) is 0 Å². The molecule has 0 fully saturated rings. The fourth-order valence-corrected chi connectivity index (χ4v) is 8.49. The van der Waals surface area contributed by atoms with Crippen LogP contribution in [-0.2, 0) is 32.9 Å². The number of aliphatic imine (C=N–C) groups is 1. The van der Waals surface area contributed by atoms with Crippen molar-refractivity contribution >= 4 is 38.4 Å². The molecule has 0 amide bonds. The first-order valence-electron chi connectivity index (χ1n) is 16.3. The average molecular weight is 691 g/mol. The highest BCUT2D eigenvalue weighted by molar-refractivity contribution is 7.91. The van der Waals surface area contributed by atoms with Crippen molar-refractivity contribution in [1.82, 2.24) is 20.5 Å². The largest absolute Gasteiger partial charge is 0.481 e. The van der Waals surface area contributed by atoms with Gasteiger partial charge in [-0.3, -0.25) is 10.2 Å². The van der Waals surface area contributed by atoms with Crippen LogP contribution in [0.5, 0.6) is 11.5 Å². The topological polar surface area (TPSA) is 170 Å². The van der Waals surface area contributed by atoms with Gasteiger partial charge >= 0.3 is 5.97 Å². The predicted molar refractivity (Wildman–Crippen MR) is 188 cm³/mol. The lowest BCUT2D eigenvalue weighted by Crippen LogP contribution is -2.35. The molecule has 0 unspecified atom stereocenters. The zero-order valence-electron chi connectivity index (χ0n) is 28.4. The SMILES string of the molecule is CN/C1=N\C(=N)[C@@](C)(c2cccc(C[C@H](C)C(=O)O)c2)CCCC(C)(C)CS(=O)(=O)CCc2c(c(F)cc3[nH]ccc23)Oc2cnnc1c2. The first kappa shape index (κ1) is 35.7. The first-order valence-corrected chi connectivity index (χ1v) is 18.1. The molecule has 5 rings (SSSR count). The molecule has 0 saturated carbocycles. The molecule has 1 aliphatic heterocycles. The van der Waals surface area contributed by atoms with Gasteiger partial charge in [-0.25, -0.2) is 17.8 Å². The molecule has 49 heavy (non-hydrogen) atoms. The Bertz CT molecular complexity index is 2030. The average Bonchev–Trinajstić information content (AvgIpc) is 3.50. The van der Waals surface area contributed by atoms with Gasteiger partial charge < -0.3 is 20.1 Å². The van der Waals surface area contributed by atoms with Gasteiger partial charge in [-0.05, 0) is 55.2 Å². The van der Waals surface area contributed by atoms with E-state index in [-0.39, 0.29) is 46.8 Å². The summed E-state index contributed by atoms with van der Waals surface area (Å²) in [6.07, 6.45) is 4.98. The summed E-state index contributed by atoms with van der Waals surface area (Å²) < 4.78 is 48.8. The van der Waals surface area contributed by atoms with Crippen molar-refractivity contribution in [2.24, 2.45) is 16.3 Å². The van der Waals surface area contributed by atoms with Crippen molar-refractivity contribution in [2.75, 3.05) is 18.6 Å². The molecule has 4 aromatic rings. The standard InChI is InChI=1S/C36H43FN6O5S/c1-22(33(44)45)16-23-8-6-9-24(17-23)36(4)13-7-12-35(2,3)21-49(46,47)15-11-27-26-10-14-40-29(26)19-28(37)31(27)48-25-18-30(43-41-20-25)32(39-5)42-34(36)38/h6,8-10,14,17-20,22,40H,7,11-13,15-16,21H2,1-5H3,(H,44,45)(H2,38,39,42)/t22-,36+/m0/s1. The molecule has 260 valence electrons. The second-order valence-corrected chi connectivity index (χ2v) is 16.1. The Kier molecular flexibility index (Phi) is 10.2. The molecule has 11 nitrogen and oxygen atoms in total. The number of aliphatic carboxylic acids is 1. The van der Waals surface area contributed by atoms with Crippen molar-refractivity contribution in [3.63, 3.8) is 0 Å². The van der Waals surface area contributed by atoms with Crippen LogP contribution in [0.3, 0.4) is 0 Å². The number of hydrogen-bond donors (Lipinski definition) is 4. The highest BCUT2D eigenvalue weighted by Crippen LogP contribution is 2.38. The van der Waals surface area contributed by atoms with Gasteiger partial charge in [-0.2, -0.15) is 5.10 Å². The second kappa shape index (κ2) is 14.1. The minimum absolute atomic E-state index is 0.0196. The van der Waals surface area contributed by atoms with Gasteiger partial charge in [0.15, 0.2) is 27.2 Å². The highest BCUT2D eigenvalue weighted by atomic mass is 32.2. The molecule has 2 atom stereocenters. The number of rotatable bonds is 4. The van der Waals surface area contributed by atoms with Gasteiger partial charge in [0, 0.05) is 41.8 Å². The van der Waals surface area contributed by atoms with Crippen LogP contribution in [0.1, 0.15) is 69.3 Å². The van der Waals surface area contributed by atoms with Crippen LogP contribution in [0.4, 0.5) is 4.39 Å². The van der Waals surface area contributed by atoms with Crippen molar-refractivity contribution in [2.45, 2.75) is 65.2 Å². The van der Waals surface area contributed by atoms with E-state index in [1.54, 1.807) is 26.2 Å². The summed E-state index contributed by atoms with van der Waals surface area (Å²) in [6, 6.07) is 12.2. The normalized spacial score (nSPS) is 21.7. The quantitative estimate of drug-likeness (QED) is 0.196. The number of aromatic nitrogens is 3. The third-order valence-corrected chi connectivity index (χ3v) is 11.3. The van der Waals surface area contributed by atoms with Crippen LogP contribution in [-0.4, -0.2) is 64.9 Å². The summed E-state index contributed by atoms with van der Waals surface area (Å²) in [7, 11) is -1.94. The van der Waals surface area contributed by atoms with E-state index in [9.17, 15) is 23.7 Å². The molecule has 0 radical (unpaired) electrons. The fraction of sp³-hybridized carbons (Fsp3) is 0.417. The van der Waals surface area contributed by atoms with Gasteiger partial charge in [-0.1, -0.05) is 51.5 Å². The number of aromatic amines is 1. The minimum Gasteiger partial charge on any atom is -0.481 e. The van der Waals surface area contributed by atoms with E-state index in [4.69, 9.17) is 9.73 Å². The number of H-pyrrole nitrogens is 1. The predicted octanol–water partition coefficient (Wildman–Crippen LogP) is 6.22. The van der Waals surface area contributed by atoms with Crippen molar-refractivity contribution in [3.05, 3.63) is 83.1 Å². The van der Waals surface area contributed by atoms with Crippen LogP contribution < -0.4 is 10.1 Å². The van der Waals surface area contributed by atoms with Crippen LogP contribution in [0.25, 0.3) is 10.9 Å². The number of nitrogens with zero attached hydrogens (tertiary/aromatic N) is 3. The van der Waals surface area contributed by atoms with Crippen LogP contribution in [0.2, 0.25) is 0 Å². The monoisotopic (exact) mass is 690 g/mol. The summed E-state index contributed by atoms with van der Waals surface area (Å²) in [5.41, 5.74) is 1.30. The third-order valence-electron chi connectivity index (χ3n) is 9.27. The van der Waals surface area contributed by atoms with Crippen molar-refractivity contribution < 1.29 is 27.4 Å². The van der Waals surface area contributed by atoms with Crippen LogP contribution in [0.15, 0.2) is 59.9 Å². The lowest BCUT2D eigenvalue weighted by Gasteiger charge is -2.32. The summed E-state index contributed by atoms with van der Waals surface area (Å²) in [6.45, 7) is 7.41. The maximum absolute atomic E-state index is 15.6. The fourth-order valence-electron chi connectivity index (χ4n) is 6.50. The van der Waals surface area contributed by atoms with E-state index in [1.165, 1.54) is 18.3 Å². The third kappa shape index (κ3) is 8.15. The van der Waals surface area contributed by atoms with E-state index in [1.807, 2.05) is 45.0 Å². The van der Waals surface area contributed by atoms with Crippen molar-refractivity contribution in [1.29, 1.82) is 5.41 Å². The number of carbonyl (C=O) groups is 1.